The largest absolute Gasteiger partial charge is 0.489 e. The highest BCUT2D eigenvalue weighted by Crippen LogP contribution is 2.31. The molecule has 1 unspecified atom stereocenters. The maximum atomic E-state index is 12.7. The fourth-order valence-corrected chi connectivity index (χ4v) is 4.78. The molecule has 5 nitrogen and oxygen atoms in total. The van der Waals surface area contributed by atoms with Crippen molar-refractivity contribution < 1.29 is 13.2 Å². The van der Waals surface area contributed by atoms with E-state index in [2.05, 4.69) is 29.1 Å². The molecule has 0 aliphatic carbocycles. The first-order valence-electron chi connectivity index (χ1n) is 10.6. The Kier molecular flexibility index (Phi) is 6.30. The molecule has 31 heavy (non-hydrogen) atoms. The van der Waals surface area contributed by atoms with Gasteiger partial charge in [-0.15, -0.1) is 0 Å². The van der Waals surface area contributed by atoms with Crippen LogP contribution in [0.5, 0.6) is 5.75 Å². The molecule has 2 atom stereocenters. The Morgan fingerprint density at radius 3 is 2.52 bits per heavy atom. The summed E-state index contributed by atoms with van der Waals surface area (Å²) in [6, 6.07) is 22.9. The summed E-state index contributed by atoms with van der Waals surface area (Å²) < 4.78 is 34.3. The third-order valence-corrected chi connectivity index (χ3v) is 7.03. The van der Waals surface area contributed by atoms with Gasteiger partial charge in [0.2, 0.25) is 0 Å². The summed E-state index contributed by atoms with van der Waals surface area (Å²) in [7, 11) is -3.64. The molecule has 2 N–H and O–H groups in total. The van der Waals surface area contributed by atoms with Crippen LogP contribution in [0.25, 0.3) is 0 Å². The van der Waals surface area contributed by atoms with Gasteiger partial charge in [-0.1, -0.05) is 54.1 Å². The Balaban J connectivity index is 1.41. The van der Waals surface area contributed by atoms with Gasteiger partial charge in [-0.25, -0.2) is 8.42 Å². The summed E-state index contributed by atoms with van der Waals surface area (Å²) in [5.74, 6) is 0.745. The van der Waals surface area contributed by atoms with E-state index < -0.39 is 10.0 Å². The van der Waals surface area contributed by atoms with Gasteiger partial charge in [0, 0.05) is 18.7 Å². The van der Waals surface area contributed by atoms with Gasteiger partial charge in [0.05, 0.1) is 10.6 Å². The van der Waals surface area contributed by atoms with Crippen molar-refractivity contribution in [3.8, 4) is 5.75 Å². The van der Waals surface area contributed by atoms with E-state index in [0.717, 1.165) is 36.3 Å². The van der Waals surface area contributed by atoms with E-state index in [4.69, 9.17) is 4.74 Å². The Morgan fingerprint density at radius 2 is 1.77 bits per heavy atom. The van der Waals surface area contributed by atoms with E-state index in [1.165, 1.54) is 5.56 Å². The van der Waals surface area contributed by atoms with Crippen LogP contribution in [0.1, 0.15) is 36.1 Å². The van der Waals surface area contributed by atoms with E-state index in [-0.39, 0.29) is 17.0 Å². The van der Waals surface area contributed by atoms with Gasteiger partial charge >= 0.3 is 0 Å². The van der Waals surface area contributed by atoms with Crippen molar-refractivity contribution in [3.05, 3.63) is 89.5 Å². The lowest BCUT2D eigenvalue weighted by atomic mass is 10.0. The lowest BCUT2D eigenvalue weighted by Crippen LogP contribution is -2.35. The first-order chi connectivity index (χ1) is 14.9. The predicted molar refractivity (Wildman–Crippen MR) is 124 cm³/mol. The smallest absolute Gasteiger partial charge is 0.261 e. The third kappa shape index (κ3) is 5.27. The number of rotatable bonds is 7. The second-order valence-corrected chi connectivity index (χ2v) is 9.74. The molecule has 0 saturated carbocycles. The standard InChI is InChI=1S/C25H28N2O3S/c1-18-8-14-24(15-9-18)31(28,29)27-22-12-10-21-11-13-23(30-25(21)16-22)17-26-19(2)20-6-4-3-5-7-20/h3-10,12,14-16,19,23,26-27H,11,13,17H2,1-2H3/t19-,23?/m1/s1. The summed E-state index contributed by atoms with van der Waals surface area (Å²) in [6.45, 7) is 4.80. The van der Waals surface area contributed by atoms with E-state index in [0.29, 0.717) is 5.69 Å². The van der Waals surface area contributed by atoms with E-state index in [1.807, 2.05) is 31.2 Å². The molecule has 6 heteroatoms. The number of nitrogens with one attached hydrogen (secondary N) is 2. The topological polar surface area (TPSA) is 67.4 Å². The average Bonchev–Trinajstić information content (AvgIpc) is 2.78. The van der Waals surface area contributed by atoms with Gasteiger partial charge in [0.25, 0.3) is 10.0 Å². The van der Waals surface area contributed by atoms with Crippen molar-refractivity contribution in [2.75, 3.05) is 11.3 Å². The van der Waals surface area contributed by atoms with Crippen molar-refractivity contribution in [3.63, 3.8) is 0 Å². The van der Waals surface area contributed by atoms with Crippen molar-refractivity contribution in [1.29, 1.82) is 0 Å². The molecule has 0 spiro atoms. The second-order valence-electron chi connectivity index (χ2n) is 8.06. The van der Waals surface area contributed by atoms with Gasteiger partial charge in [0.15, 0.2) is 0 Å². The average molecular weight is 437 g/mol. The lowest BCUT2D eigenvalue weighted by molar-refractivity contribution is 0.167. The van der Waals surface area contributed by atoms with E-state index in [9.17, 15) is 8.42 Å². The second kappa shape index (κ2) is 9.12. The molecular weight excluding hydrogens is 408 g/mol. The Labute approximate surface area is 184 Å². The minimum absolute atomic E-state index is 0.0441. The zero-order chi connectivity index (χ0) is 21.8. The highest BCUT2D eigenvalue weighted by molar-refractivity contribution is 7.92. The summed E-state index contributed by atoms with van der Waals surface area (Å²) in [4.78, 5) is 0.244. The van der Waals surface area contributed by atoms with Crippen molar-refractivity contribution >= 4 is 15.7 Å². The molecule has 0 fully saturated rings. The van der Waals surface area contributed by atoms with Crippen molar-refractivity contribution in [2.45, 2.75) is 43.7 Å². The van der Waals surface area contributed by atoms with Crippen LogP contribution in [0.3, 0.4) is 0 Å². The molecule has 3 aromatic carbocycles. The van der Waals surface area contributed by atoms with Crippen LogP contribution in [0.15, 0.2) is 77.7 Å². The maximum Gasteiger partial charge on any atom is 0.261 e. The number of aryl methyl sites for hydroxylation is 2. The van der Waals surface area contributed by atoms with Crippen LogP contribution in [0, 0.1) is 6.92 Å². The van der Waals surface area contributed by atoms with Crippen LogP contribution < -0.4 is 14.8 Å². The van der Waals surface area contributed by atoms with Crippen LogP contribution in [0.2, 0.25) is 0 Å². The molecule has 0 aromatic heterocycles. The lowest BCUT2D eigenvalue weighted by Gasteiger charge is -2.28. The Bertz CT molecular complexity index is 1130. The summed E-state index contributed by atoms with van der Waals surface area (Å²) in [5.41, 5.74) is 3.87. The number of sulfonamides is 1. The van der Waals surface area contributed by atoms with Gasteiger partial charge in [-0.3, -0.25) is 4.72 Å². The monoisotopic (exact) mass is 436 g/mol. The molecule has 0 saturated heterocycles. The molecule has 0 amide bonds. The Hall–Kier alpha value is -2.83. The molecule has 1 heterocycles. The highest BCUT2D eigenvalue weighted by atomic mass is 32.2. The third-order valence-electron chi connectivity index (χ3n) is 5.63. The van der Waals surface area contributed by atoms with Gasteiger partial charge in [-0.05, 0) is 56.0 Å². The molecular formula is C25H28N2O3S. The van der Waals surface area contributed by atoms with Crippen LogP contribution in [-0.4, -0.2) is 21.1 Å². The zero-order valence-electron chi connectivity index (χ0n) is 17.8. The number of benzene rings is 3. The fourth-order valence-electron chi connectivity index (χ4n) is 3.73. The van der Waals surface area contributed by atoms with Gasteiger partial charge < -0.3 is 10.1 Å². The van der Waals surface area contributed by atoms with Gasteiger partial charge in [0.1, 0.15) is 11.9 Å². The first kappa shape index (κ1) is 21.4. The minimum Gasteiger partial charge on any atom is -0.489 e. The zero-order valence-corrected chi connectivity index (χ0v) is 18.7. The van der Waals surface area contributed by atoms with Crippen molar-refractivity contribution in [1.82, 2.24) is 5.32 Å². The van der Waals surface area contributed by atoms with Crippen molar-refractivity contribution in [2.24, 2.45) is 0 Å². The van der Waals surface area contributed by atoms with Gasteiger partial charge in [-0.2, -0.15) is 0 Å². The molecule has 0 radical (unpaired) electrons. The number of fused-ring (bicyclic) bond motifs is 1. The normalized spacial score (nSPS) is 16.8. The van der Waals surface area contributed by atoms with E-state index in [1.54, 1.807) is 36.4 Å². The fraction of sp³-hybridized carbons (Fsp3) is 0.280. The Morgan fingerprint density at radius 1 is 1.03 bits per heavy atom. The molecule has 162 valence electrons. The summed E-state index contributed by atoms with van der Waals surface area (Å²) in [6.07, 6.45) is 1.88. The number of hydrogen-bond acceptors (Lipinski definition) is 4. The molecule has 0 bridgehead atoms. The minimum atomic E-state index is -3.64. The quantitative estimate of drug-likeness (QED) is 0.556. The summed E-state index contributed by atoms with van der Waals surface area (Å²) in [5, 5.41) is 3.54. The molecule has 4 rings (SSSR count). The van der Waals surface area contributed by atoms with Crippen LogP contribution >= 0.6 is 0 Å². The molecule has 3 aromatic rings. The first-order valence-corrected chi connectivity index (χ1v) is 12.1. The molecule has 1 aliphatic heterocycles. The number of hydrogen-bond donors (Lipinski definition) is 2. The predicted octanol–water partition coefficient (Wildman–Crippen LogP) is 4.84. The van der Waals surface area contributed by atoms with Crippen LogP contribution in [-0.2, 0) is 16.4 Å². The molecule has 1 aliphatic rings. The summed E-state index contributed by atoms with van der Waals surface area (Å²) >= 11 is 0. The number of ether oxygens (including phenoxy) is 1. The van der Waals surface area contributed by atoms with E-state index >= 15 is 0 Å². The number of anilines is 1. The highest BCUT2D eigenvalue weighted by Gasteiger charge is 2.22. The maximum absolute atomic E-state index is 12.7. The SMILES string of the molecule is Cc1ccc(S(=O)(=O)Nc2ccc3c(c2)OC(CN[C@H](C)c2ccccc2)CC3)cc1. The van der Waals surface area contributed by atoms with Crippen LogP contribution in [0.4, 0.5) is 5.69 Å².